The van der Waals surface area contributed by atoms with Gasteiger partial charge >= 0.3 is 5.97 Å². The van der Waals surface area contributed by atoms with E-state index in [1.54, 1.807) is 6.08 Å². The number of rotatable bonds is 1. The maximum absolute atomic E-state index is 10.6. The van der Waals surface area contributed by atoms with E-state index in [4.69, 9.17) is 4.74 Å². The molecule has 0 aliphatic carbocycles. The van der Waals surface area contributed by atoms with Crippen LogP contribution in [-0.2, 0) is 9.53 Å². The van der Waals surface area contributed by atoms with Gasteiger partial charge in [0.1, 0.15) is 6.61 Å². The lowest BCUT2D eigenvalue weighted by molar-refractivity contribution is -0.134. The number of hydrogen-bond donors (Lipinski definition) is 0. The Hall–Kier alpha value is -0.573. The standard InChI is InChI=1S/C7H12O2Si/c1-10(2,3)6-4-7(8)9-5-6/h4H,5H2,1-3H3. The second kappa shape index (κ2) is 2.23. The van der Waals surface area contributed by atoms with Crippen LogP contribution in [-0.4, -0.2) is 20.7 Å². The molecular weight excluding hydrogens is 144 g/mol. The van der Waals surface area contributed by atoms with Crippen molar-refractivity contribution < 1.29 is 9.53 Å². The van der Waals surface area contributed by atoms with Crippen molar-refractivity contribution in [3.63, 3.8) is 0 Å². The molecule has 0 unspecified atom stereocenters. The zero-order valence-electron chi connectivity index (χ0n) is 6.60. The lowest BCUT2D eigenvalue weighted by Gasteiger charge is -2.15. The van der Waals surface area contributed by atoms with Gasteiger partial charge in [-0.05, 0) is 5.20 Å². The molecule has 0 bridgehead atoms. The number of esters is 1. The van der Waals surface area contributed by atoms with Crippen molar-refractivity contribution in [3.05, 3.63) is 11.3 Å². The maximum atomic E-state index is 10.6. The quantitative estimate of drug-likeness (QED) is 0.423. The number of carbonyl (C=O) groups excluding carboxylic acids is 1. The molecule has 2 nitrogen and oxygen atoms in total. The molecule has 0 saturated heterocycles. The van der Waals surface area contributed by atoms with Crippen LogP contribution in [0.25, 0.3) is 0 Å². The zero-order chi connectivity index (χ0) is 7.78. The van der Waals surface area contributed by atoms with Crippen LogP contribution in [0.3, 0.4) is 0 Å². The van der Waals surface area contributed by atoms with Crippen LogP contribution in [0.2, 0.25) is 19.6 Å². The molecule has 56 valence electrons. The third kappa shape index (κ3) is 1.47. The Bertz CT molecular complexity index is 188. The summed E-state index contributed by atoms with van der Waals surface area (Å²) in [5.74, 6) is -0.169. The first-order chi connectivity index (χ1) is 4.50. The Labute approximate surface area is 61.9 Å². The maximum Gasteiger partial charge on any atom is 0.330 e. The molecule has 1 heterocycles. The largest absolute Gasteiger partial charge is 0.458 e. The molecule has 0 saturated carbocycles. The van der Waals surface area contributed by atoms with E-state index in [0.29, 0.717) is 6.61 Å². The molecule has 0 spiro atoms. The summed E-state index contributed by atoms with van der Waals surface area (Å²) in [6.45, 7) is 7.16. The van der Waals surface area contributed by atoms with Gasteiger partial charge in [-0.25, -0.2) is 4.79 Å². The van der Waals surface area contributed by atoms with E-state index in [1.807, 2.05) is 0 Å². The average molecular weight is 156 g/mol. The Morgan fingerprint density at radius 2 is 2.10 bits per heavy atom. The zero-order valence-corrected chi connectivity index (χ0v) is 7.60. The molecule has 0 aromatic carbocycles. The smallest absolute Gasteiger partial charge is 0.330 e. The predicted octanol–water partition coefficient (Wildman–Crippen LogP) is 1.35. The van der Waals surface area contributed by atoms with E-state index in [2.05, 4.69) is 19.6 Å². The van der Waals surface area contributed by atoms with Crippen molar-refractivity contribution in [3.8, 4) is 0 Å². The van der Waals surface area contributed by atoms with E-state index in [-0.39, 0.29) is 5.97 Å². The van der Waals surface area contributed by atoms with Crippen LogP contribution in [0.5, 0.6) is 0 Å². The van der Waals surface area contributed by atoms with Crippen molar-refractivity contribution in [2.45, 2.75) is 19.6 Å². The number of hydrogen-bond acceptors (Lipinski definition) is 2. The van der Waals surface area contributed by atoms with E-state index < -0.39 is 8.07 Å². The molecule has 1 aliphatic rings. The van der Waals surface area contributed by atoms with Crippen LogP contribution in [0.15, 0.2) is 11.3 Å². The van der Waals surface area contributed by atoms with E-state index in [1.165, 1.54) is 5.20 Å². The van der Waals surface area contributed by atoms with E-state index in [0.717, 1.165) is 0 Å². The summed E-state index contributed by atoms with van der Waals surface area (Å²) in [7, 11) is -1.25. The molecule has 1 aliphatic heterocycles. The first-order valence-corrected chi connectivity index (χ1v) is 6.88. The highest BCUT2D eigenvalue weighted by Crippen LogP contribution is 2.18. The van der Waals surface area contributed by atoms with Gasteiger partial charge in [0.05, 0.1) is 8.07 Å². The molecule has 0 atom stereocenters. The van der Waals surface area contributed by atoms with Crippen LogP contribution in [0, 0.1) is 0 Å². The molecular formula is C7H12O2Si. The second-order valence-electron chi connectivity index (χ2n) is 3.53. The first kappa shape index (κ1) is 7.53. The third-order valence-electron chi connectivity index (χ3n) is 1.63. The van der Waals surface area contributed by atoms with Gasteiger partial charge in [0.2, 0.25) is 0 Å². The summed E-state index contributed by atoms with van der Waals surface area (Å²) in [5.41, 5.74) is 0. The lowest BCUT2D eigenvalue weighted by atomic mass is 10.6. The Morgan fingerprint density at radius 3 is 2.30 bits per heavy atom. The van der Waals surface area contributed by atoms with E-state index >= 15 is 0 Å². The van der Waals surface area contributed by atoms with Gasteiger partial charge < -0.3 is 4.74 Å². The highest BCUT2D eigenvalue weighted by Gasteiger charge is 2.25. The highest BCUT2D eigenvalue weighted by atomic mass is 28.3. The summed E-state index contributed by atoms with van der Waals surface area (Å²) >= 11 is 0. The topological polar surface area (TPSA) is 26.3 Å². The summed E-state index contributed by atoms with van der Waals surface area (Å²) in [4.78, 5) is 10.6. The molecule has 0 amide bonds. The lowest BCUT2D eigenvalue weighted by Crippen LogP contribution is -2.24. The average Bonchev–Trinajstić information content (AvgIpc) is 2.11. The van der Waals surface area contributed by atoms with Gasteiger partial charge in [-0.1, -0.05) is 19.6 Å². The third-order valence-corrected chi connectivity index (χ3v) is 3.84. The van der Waals surface area contributed by atoms with Gasteiger partial charge in [-0.2, -0.15) is 0 Å². The first-order valence-electron chi connectivity index (χ1n) is 3.38. The molecule has 0 aromatic rings. The Morgan fingerprint density at radius 1 is 1.50 bits per heavy atom. The van der Waals surface area contributed by atoms with Gasteiger partial charge in [0.25, 0.3) is 0 Å². The fraction of sp³-hybridized carbons (Fsp3) is 0.571. The predicted molar refractivity (Wildman–Crippen MR) is 42.4 cm³/mol. The summed E-state index contributed by atoms with van der Waals surface area (Å²) in [6.07, 6.45) is 1.65. The molecule has 3 heteroatoms. The fourth-order valence-electron chi connectivity index (χ4n) is 0.807. The molecule has 0 N–H and O–H groups in total. The Kier molecular flexibility index (Phi) is 1.68. The van der Waals surface area contributed by atoms with Gasteiger partial charge in [0.15, 0.2) is 0 Å². The van der Waals surface area contributed by atoms with Crippen LogP contribution in [0.4, 0.5) is 0 Å². The minimum absolute atomic E-state index is 0.169. The number of carbonyl (C=O) groups is 1. The molecule has 1 rings (SSSR count). The van der Waals surface area contributed by atoms with Crippen LogP contribution < -0.4 is 0 Å². The minimum atomic E-state index is -1.25. The SMILES string of the molecule is C[Si](C)(C)C1=CC(=O)OC1. The summed E-state index contributed by atoms with van der Waals surface area (Å²) in [6, 6.07) is 0. The van der Waals surface area contributed by atoms with Crippen molar-refractivity contribution in [1.82, 2.24) is 0 Å². The molecule has 10 heavy (non-hydrogen) atoms. The molecule has 0 fully saturated rings. The van der Waals surface area contributed by atoms with Crippen molar-refractivity contribution in [1.29, 1.82) is 0 Å². The second-order valence-corrected chi connectivity index (χ2v) is 8.67. The summed E-state index contributed by atoms with van der Waals surface area (Å²) in [5, 5.41) is 1.22. The van der Waals surface area contributed by atoms with Crippen molar-refractivity contribution in [2.75, 3.05) is 6.61 Å². The van der Waals surface area contributed by atoms with Crippen LogP contribution in [0.1, 0.15) is 0 Å². The number of ether oxygens (including phenoxy) is 1. The van der Waals surface area contributed by atoms with Gasteiger partial charge in [-0.15, -0.1) is 0 Å². The normalized spacial score (nSPS) is 18.7. The van der Waals surface area contributed by atoms with Crippen molar-refractivity contribution >= 4 is 14.0 Å². The van der Waals surface area contributed by atoms with Crippen molar-refractivity contribution in [2.24, 2.45) is 0 Å². The van der Waals surface area contributed by atoms with Gasteiger partial charge in [-0.3, -0.25) is 0 Å². The van der Waals surface area contributed by atoms with Crippen LogP contribution >= 0.6 is 0 Å². The minimum Gasteiger partial charge on any atom is -0.458 e. The fourth-order valence-corrected chi connectivity index (χ4v) is 1.86. The summed E-state index contributed by atoms with van der Waals surface area (Å²) < 4.78 is 4.80. The Balaban J connectivity index is 2.76. The molecule has 0 aromatic heterocycles. The van der Waals surface area contributed by atoms with E-state index in [9.17, 15) is 4.79 Å². The molecule has 0 radical (unpaired) electrons. The highest BCUT2D eigenvalue weighted by molar-refractivity contribution is 6.83. The van der Waals surface area contributed by atoms with Gasteiger partial charge in [0, 0.05) is 6.08 Å². The number of cyclic esters (lactones) is 1. The monoisotopic (exact) mass is 156 g/mol.